The zero-order chi connectivity index (χ0) is 39.8. The van der Waals surface area contributed by atoms with Gasteiger partial charge in [0.05, 0.1) is 13.5 Å². The van der Waals surface area contributed by atoms with Crippen LogP contribution in [0.2, 0.25) is 23.7 Å². The van der Waals surface area contributed by atoms with Crippen molar-refractivity contribution in [1.29, 1.82) is 0 Å². The Hall–Kier alpha value is -3.80. The van der Waals surface area contributed by atoms with Gasteiger partial charge in [0, 0.05) is 50.5 Å². The van der Waals surface area contributed by atoms with E-state index < -0.39 is 51.1 Å². The highest BCUT2D eigenvalue weighted by Crippen LogP contribution is 2.57. The number of carbonyl (C=O) groups excluding carboxylic acids is 5. The first kappa shape index (κ1) is 40.9. The minimum absolute atomic E-state index is 0.0354. The summed E-state index contributed by atoms with van der Waals surface area (Å²) in [7, 11) is -5.11. The number of ether oxygens (including phenoxy) is 1. The maximum Gasteiger partial charge on any atom is 0.302 e. The highest BCUT2D eigenvalue weighted by Gasteiger charge is 2.63. The number of ketones is 3. The predicted molar refractivity (Wildman–Crippen MR) is 221 cm³/mol. The van der Waals surface area contributed by atoms with Gasteiger partial charge < -0.3 is 14.0 Å². The van der Waals surface area contributed by atoms with Gasteiger partial charge in [-0.05, 0) is 52.1 Å². The molecule has 7 atom stereocenters. The molecule has 3 aromatic carbocycles. The third-order valence-corrected chi connectivity index (χ3v) is 23.3. The van der Waals surface area contributed by atoms with Crippen molar-refractivity contribution in [3.8, 4) is 0 Å². The average molecular weight is 779 g/mol. The maximum absolute atomic E-state index is 14.7. The van der Waals surface area contributed by atoms with E-state index in [0.29, 0.717) is 25.9 Å². The molecule has 0 aliphatic heterocycles. The van der Waals surface area contributed by atoms with Gasteiger partial charge in [-0.15, -0.1) is 0 Å². The van der Waals surface area contributed by atoms with Gasteiger partial charge in [-0.1, -0.05) is 137 Å². The van der Waals surface area contributed by atoms with Gasteiger partial charge in [0.25, 0.3) is 8.32 Å². The summed E-state index contributed by atoms with van der Waals surface area (Å²) >= 11 is 0. The standard InChI is InChI=1S/C46H58O7Si2/c1-32(48)53-41(40-27-35(49)25-34-26-39(28-43(51)46(34,40)31-47)54(6,7)36-17-11-8-12-18-36)29-45(5)33(23-24-42(45)50)30-52-55(44(2,3)4,37-19-13-9-14-20-37)38-21-15-10-16-22-38/h8-22,31,33-34,39-41H,23-30H2,1-7H3/t33-,34-,39-,40-,41-,45-,46+/m1/s1. The number of aldehydes is 1. The van der Waals surface area contributed by atoms with E-state index in [2.05, 4.69) is 70.3 Å². The SMILES string of the molecule is CC(=O)O[C@H](C[C@@]1(C)C(=O)CC[C@@H]1CO[Si](c1ccccc1)(c1ccccc1)C(C)(C)C)[C@H]1CC(=O)C[C@@H]2C[C@@H]([Si](C)(C)c3ccccc3)CC(=O)[C@@]21C=O. The molecular weight excluding hydrogens is 721 g/mol. The number of benzene rings is 3. The van der Waals surface area contributed by atoms with E-state index in [-0.39, 0.29) is 59.5 Å². The summed E-state index contributed by atoms with van der Waals surface area (Å²) in [5.74, 6) is -2.27. The second-order valence-electron chi connectivity index (χ2n) is 18.4. The molecule has 3 aliphatic carbocycles. The highest BCUT2D eigenvalue weighted by molar-refractivity contribution is 6.99. The molecule has 6 rings (SSSR count). The zero-order valence-electron chi connectivity index (χ0n) is 33.6. The maximum atomic E-state index is 14.7. The first-order valence-electron chi connectivity index (χ1n) is 20.0. The van der Waals surface area contributed by atoms with Crippen molar-refractivity contribution in [2.75, 3.05) is 6.61 Å². The number of esters is 1. The van der Waals surface area contributed by atoms with Crippen molar-refractivity contribution < 1.29 is 33.1 Å². The summed E-state index contributed by atoms with van der Waals surface area (Å²) in [6, 6.07) is 31.0. The third kappa shape index (κ3) is 7.32. The Labute approximate surface area is 329 Å². The Morgan fingerprint density at radius 1 is 0.836 bits per heavy atom. The molecule has 0 aromatic heterocycles. The second kappa shape index (κ2) is 15.6. The Bertz CT molecular complexity index is 1850. The van der Waals surface area contributed by atoms with Crippen LogP contribution >= 0.6 is 0 Å². The molecule has 0 unspecified atom stereocenters. The molecular formula is C46H58O7Si2. The molecule has 55 heavy (non-hydrogen) atoms. The van der Waals surface area contributed by atoms with Crippen LogP contribution in [0.1, 0.15) is 79.6 Å². The van der Waals surface area contributed by atoms with Crippen molar-refractivity contribution in [2.45, 2.75) is 109 Å². The van der Waals surface area contributed by atoms with Gasteiger partial charge in [-0.2, -0.15) is 0 Å². The smallest absolute Gasteiger partial charge is 0.302 e. The van der Waals surface area contributed by atoms with E-state index in [0.717, 1.165) is 16.7 Å². The molecule has 0 bridgehead atoms. The number of Topliss-reactive ketones (excluding diaryl/α,β-unsaturated/α-hetero) is 3. The second-order valence-corrected chi connectivity index (χ2v) is 27.5. The largest absolute Gasteiger partial charge is 0.462 e. The van der Waals surface area contributed by atoms with Gasteiger partial charge >= 0.3 is 5.97 Å². The van der Waals surface area contributed by atoms with Gasteiger partial charge in [-0.3, -0.25) is 19.2 Å². The van der Waals surface area contributed by atoms with Crippen molar-refractivity contribution in [3.05, 3.63) is 91.0 Å². The molecule has 0 saturated heterocycles. The molecule has 3 saturated carbocycles. The van der Waals surface area contributed by atoms with Crippen LogP contribution in [0.5, 0.6) is 0 Å². The van der Waals surface area contributed by atoms with Crippen molar-refractivity contribution >= 4 is 61.6 Å². The number of fused-ring (bicyclic) bond motifs is 1. The lowest BCUT2D eigenvalue weighted by Gasteiger charge is -2.53. The van der Waals surface area contributed by atoms with Crippen molar-refractivity contribution in [1.82, 2.24) is 0 Å². The van der Waals surface area contributed by atoms with Gasteiger partial charge in [0.15, 0.2) is 0 Å². The lowest BCUT2D eigenvalue weighted by Crippen LogP contribution is -2.67. The molecule has 3 aromatic rings. The molecule has 0 radical (unpaired) electrons. The predicted octanol–water partition coefficient (Wildman–Crippen LogP) is 7.00. The minimum atomic E-state index is -2.93. The van der Waals surface area contributed by atoms with E-state index in [1.165, 1.54) is 12.1 Å². The molecule has 3 aliphatic rings. The summed E-state index contributed by atoms with van der Waals surface area (Å²) in [5.41, 5.74) is -2.39. The van der Waals surface area contributed by atoms with Crippen LogP contribution in [0.3, 0.4) is 0 Å². The molecule has 292 valence electrons. The molecule has 3 fully saturated rings. The van der Waals surface area contributed by atoms with E-state index in [9.17, 15) is 24.0 Å². The number of hydrogen-bond acceptors (Lipinski definition) is 7. The Morgan fingerprint density at radius 3 is 1.89 bits per heavy atom. The average Bonchev–Trinajstić information content (AvgIpc) is 3.43. The third-order valence-electron chi connectivity index (χ3n) is 14.0. The monoisotopic (exact) mass is 778 g/mol. The number of carbonyl (C=O) groups is 5. The summed E-state index contributed by atoms with van der Waals surface area (Å²) < 4.78 is 13.5. The fourth-order valence-corrected chi connectivity index (χ4v) is 18.4. The quantitative estimate of drug-likeness (QED) is 0.0845. The van der Waals surface area contributed by atoms with Crippen LogP contribution < -0.4 is 15.6 Å². The van der Waals surface area contributed by atoms with Crippen LogP contribution in [0.15, 0.2) is 91.0 Å². The van der Waals surface area contributed by atoms with E-state index in [1.54, 1.807) is 0 Å². The van der Waals surface area contributed by atoms with Crippen molar-refractivity contribution in [3.63, 3.8) is 0 Å². The van der Waals surface area contributed by atoms with E-state index >= 15 is 0 Å². The summed E-state index contributed by atoms with van der Waals surface area (Å²) in [6.07, 6.45) is 1.80. The van der Waals surface area contributed by atoms with Gasteiger partial charge in [0.2, 0.25) is 0 Å². The molecule has 0 amide bonds. The van der Waals surface area contributed by atoms with Crippen LogP contribution in [-0.4, -0.2) is 58.7 Å². The molecule has 9 heteroatoms. The highest BCUT2D eigenvalue weighted by atomic mass is 28.4. The van der Waals surface area contributed by atoms with Crippen LogP contribution in [0, 0.1) is 28.6 Å². The molecule has 0 heterocycles. The van der Waals surface area contributed by atoms with Crippen LogP contribution in [-0.2, 0) is 33.1 Å². The minimum Gasteiger partial charge on any atom is -0.462 e. The first-order chi connectivity index (χ1) is 26.0. The first-order valence-corrected chi connectivity index (χ1v) is 25.0. The summed E-state index contributed by atoms with van der Waals surface area (Å²) in [6.45, 7) is 14.8. The summed E-state index contributed by atoms with van der Waals surface area (Å²) in [4.78, 5) is 68.9. The Morgan fingerprint density at radius 2 is 1.38 bits per heavy atom. The van der Waals surface area contributed by atoms with Gasteiger partial charge in [0.1, 0.15) is 29.7 Å². The van der Waals surface area contributed by atoms with E-state index in [1.807, 2.05) is 61.5 Å². The summed E-state index contributed by atoms with van der Waals surface area (Å²) in [5, 5.41) is 3.26. The zero-order valence-corrected chi connectivity index (χ0v) is 35.6. The number of rotatable bonds is 12. The van der Waals surface area contributed by atoms with Crippen molar-refractivity contribution in [2.24, 2.45) is 28.6 Å². The fraction of sp³-hybridized carbons (Fsp3) is 0.500. The van der Waals surface area contributed by atoms with Crippen LogP contribution in [0.25, 0.3) is 0 Å². The molecule has 7 nitrogen and oxygen atoms in total. The topological polar surface area (TPSA) is 104 Å². The number of hydrogen-bond donors (Lipinski definition) is 0. The normalized spacial score (nSPS) is 28.0. The Balaban J connectivity index is 1.34. The molecule has 0 spiro atoms. The van der Waals surface area contributed by atoms with E-state index in [4.69, 9.17) is 9.16 Å². The van der Waals surface area contributed by atoms with Gasteiger partial charge in [-0.25, -0.2) is 0 Å². The molecule has 0 N–H and O–H groups in total. The Kier molecular flexibility index (Phi) is 11.6. The lowest BCUT2D eigenvalue weighted by atomic mass is 9.52. The fourth-order valence-electron chi connectivity index (χ4n) is 10.7. The lowest BCUT2D eigenvalue weighted by molar-refractivity contribution is -0.172. The van der Waals surface area contributed by atoms with Crippen LogP contribution in [0.4, 0.5) is 0 Å².